The first-order valence-corrected chi connectivity index (χ1v) is 16.3. The van der Waals surface area contributed by atoms with Crippen LogP contribution in [0.5, 0.6) is 0 Å². The molecule has 0 aliphatic carbocycles. The lowest BCUT2D eigenvalue weighted by atomic mass is 9.96. The number of carbonyl (C=O) groups is 1. The van der Waals surface area contributed by atoms with Crippen LogP contribution in [0.25, 0.3) is 17.3 Å². The lowest BCUT2D eigenvalue weighted by Gasteiger charge is -2.40. The largest absolute Gasteiger partial charge is 0.461 e. The van der Waals surface area contributed by atoms with Gasteiger partial charge in [-0.05, 0) is 54.3 Å². The number of alkyl halides is 3. The molecular weight excluding hydrogens is 611 g/mol. The molecule has 1 amide bonds. The molecule has 238 valence electrons. The Morgan fingerprint density at radius 1 is 0.826 bits per heavy atom. The Morgan fingerprint density at radius 3 is 2.15 bits per heavy atom. The van der Waals surface area contributed by atoms with Crippen molar-refractivity contribution in [1.82, 2.24) is 24.6 Å². The Kier molecular flexibility index (Phi) is 9.89. The number of furan rings is 1. The van der Waals surface area contributed by atoms with E-state index >= 15 is 0 Å². The number of carbonyl (C=O) groups excluding carboxylic acids is 1. The molecule has 7 nitrogen and oxygen atoms in total. The van der Waals surface area contributed by atoms with Gasteiger partial charge >= 0.3 is 6.18 Å². The highest BCUT2D eigenvalue weighted by molar-refractivity contribution is 7.99. The predicted octanol–water partition coefficient (Wildman–Crippen LogP) is 7.74. The molecule has 0 unspecified atom stereocenters. The van der Waals surface area contributed by atoms with E-state index in [4.69, 9.17) is 4.42 Å². The molecule has 0 atom stereocenters. The summed E-state index contributed by atoms with van der Waals surface area (Å²) >= 11 is 1.39. The van der Waals surface area contributed by atoms with E-state index in [2.05, 4.69) is 63.6 Å². The van der Waals surface area contributed by atoms with Crippen LogP contribution in [0.2, 0.25) is 0 Å². The fraction of sp³-hybridized carbons (Fsp3) is 0.286. The number of hydrogen-bond acceptors (Lipinski definition) is 6. The van der Waals surface area contributed by atoms with Crippen molar-refractivity contribution in [1.29, 1.82) is 0 Å². The number of amides is 1. The Morgan fingerprint density at radius 2 is 1.52 bits per heavy atom. The van der Waals surface area contributed by atoms with Crippen LogP contribution in [-0.4, -0.2) is 62.4 Å². The van der Waals surface area contributed by atoms with Crippen LogP contribution in [0.1, 0.15) is 42.0 Å². The molecule has 1 saturated heterocycles. The van der Waals surface area contributed by atoms with Crippen LogP contribution in [-0.2, 0) is 11.0 Å². The van der Waals surface area contributed by atoms with Crippen molar-refractivity contribution in [3.63, 3.8) is 0 Å². The van der Waals surface area contributed by atoms with Gasteiger partial charge in [-0.15, -0.1) is 10.2 Å². The molecule has 1 aliphatic heterocycles. The van der Waals surface area contributed by atoms with E-state index in [1.807, 2.05) is 17.0 Å². The summed E-state index contributed by atoms with van der Waals surface area (Å²) in [6.45, 7) is 2.94. The second-order valence-electron chi connectivity index (χ2n) is 11.1. The average Bonchev–Trinajstić information content (AvgIpc) is 3.76. The van der Waals surface area contributed by atoms with Crippen LogP contribution < -0.4 is 0 Å². The maximum Gasteiger partial charge on any atom is 0.416 e. The standard InChI is InChI=1S/C35H34F3N5O2S/c36-35(37,38)28-15-9-16-29(25-28)43-33(30-17-10-23-45-30)39-40-34(43)46-24-8-7-18-31(44)41-19-21-42(22-20-41)32(26-11-3-1-4-12-26)27-13-5-2-6-14-27/h1-6,9-17,23,25,32H,7-8,18-22,24H2. The highest BCUT2D eigenvalue weighted by atomic mass is 32.2. The Labute approximate surface area is 270 Å². The zero-order chi connectivity index (χ0) is 31.9. The second kappa shape index (κ2) is 14.4. The van der Waals surface area contributed by atoms with Crippen molar-refractivity contribution in [3.8, 4) is 17.3 Å². The Hall–Kier alpha value is -4.35. The Bertz CT molecular complexity index is 1660. The van der Waals surface area contributed by atoms with Crippen LogP contribution in [0, 0.1) is 0 Å². The van der Waals surface area contributed by atoms with Crippen molar-refractivity contribution in [2.24, 2.45) is 0 Å². The van der Waals surface area contributed by atoms with E-state index in [0.29, 0.717) is 54.1 Å². The van der Waals surface area contributed by atoms with Crippen molar-refractivity contribution in [3.05, 3.63) is 120 Å². The summed E-state index contributed by atoms with van der Waals surface area (Å²) < 4.78 is 47.5. The molecule has 3 heterocycles. The highest BCUT2D eigenvalue weighted by Crippen LogP contribution is 2.34. The van der Waals surface area contributed by atoms with Gasteiger partial charge in [0, 0.05) is 38.4 Å². The maximum absolute atomic E-state index is 13.5. The lowest BCUT2D eigenvalue weighted by Crippen LogP contribution is -2.49. The molecule has 5 aromatic rings. The van der Waals surface area contributed by atoms with E-state index < -0.39 is 11.7 Å². The van der Waals surface area contributed by atoms with Crippen LogP contribution >= 0.6 is 11.8 Å². The summed E-state index contributed by atoms with van der Waals surface area (Å²) in [4.78, 5) is 17.5. The number of hydrogen-bond donors (Lipinski definition) is 0. The second-order valence-corrected chi connectivity index (χ2v) is 12.2. The quantitative estimate of drug-likeness (QED) is 0.108. The lowest BCUT2D eigenvalue weighted by molar-refractivity contribution is -0.137. The number of rotatable bonds is 11. The van der Waals surface area contributed by atoms with Crippen molar-refractivity contribution in [2.45, 2.75) is 36.6 Å². The number of unbranched alkanes of at least 4 members (excludes halogenated alkanes) is 1. The van der Waals surface area contributed by atoms with Gasteiger partial charge in [-0.3, -0.25) is 14.3 Å². The van der Waals surface area contributed by atoms with Gasteiger partial charge in [-0.1, -0.05) is 78.5 Å². The van der Waals surface area contributed by atoms with E-state index in [1.165, 1.54) is 35.2 Å². The van der Waals surface area contributed by atoms with Crippen molar-refractivity contribution in [2.75, 3.05) is 31.9 Å². The van der Waals surface area contributed by atoms with Crippen LogP contribution in [0.15, 0.2) is 113 Å². The zero-order valence-corrected chi connectivity index (χ0v) is 26.0. The summed E-state index contributed by atoms with van der Waals surface area (Å²) in [5, 5.41) is 8.95. The normalized spacial score (nSPS) is 14.2. The smallest absolute Gasteiger partial charge is 0.416 e. The fourth-order valence-corrected chi connectivity index (χ4v) is 6.75. The van der Waals surface area contributed by atoms with E-state index in [-0.39, 0.29) is 11.9 Å². The molecule has 0 spiro atoms. The third kappa shape index (κ3) is 7.37. The third-order valence-corrected chi connectivity index (χ3v) is 9.10. The molecule has 11 heteroatoms. The summed E-state index contributed by atoms with van der Waals surface area (Å²) in [5.74, 6) is 1.50. The first kappa shape index (κ1) is 31.6. The van der Waals surface area contributed by atoms with Gasteiger partial charge in [-0.25, -0.2) is 0 Å². The zero-order valence-electron chi connectivity index (χ0n) is 25.1. The van der Waals surface area contributed by atoms with Gasteiger partial charge in [-0.2, -0.15) is 13.2 Å². The van der Waals surface area contributed by atoms with Gasteiger partial charge < -0.3 is 9.32 Å². The number of benzene rings is 3. The fourth-order valence-electron chi connectivity index (χ4n) is 5.80. The van der Waals surface area contributed by atoms with Crippen molar-refractivity contribution >= 4 is 17.7 Å². The molecule has 0 radical (unpaired) electrons. The van der Waals surface area contributed by atoms with E-state index in [0.717, 1.165) is 31.6 Å². The minimum Gasteiger partial charge on any atom is -0.461 e. The molecule has 1 aliphatic rings. The molecular formula is C35H34F3N5O2S. The number of nitrogens with zero attached hydrogens (tertiary/aromatic N) is 5. The van der Waals surface area contributed by atoms with Crippen LogP contribution in [0.4, 0.5) is 13.2 Å². The average molecular weight is 646 g/mol. The van der Waals surface area contributed by atoms with Crippen LogP contribution in [0.3, 0.4) is 0 Å². The highest BCUT2D eigenvalue weighted by Gasteiger charge is 2.31. The monoisotopic (exact) mass is 645 g/mol. The number of piperazine rings is 1. The molecule has 1 fully saturated rings. The third-order valence-electron chi connectivity index (χ3n) is 8.09. The van der Waals surface area contributed by atoms with Gasteiger partial charge in [0.05, 0.1) is 23.6 Å². The van der Waals surface area contributed by atoms with Gasteiger partial charge in [0.25, 0.3) is 0 Å². The molecule has 46 heavy (non-hydrogen) atoms. The topological polar surface area (TPSA) is 67.4 Å². The molecule has 6 rings (SSSR count). The Balaban J connectivity index is 1.03. The van der Waals surface area contributed by atoms with E-state index in [1.54, 1.807) is 22.8 Å². The maximum atomic E-state index is 13.5. The van der Waals surface area contributed by atoms with Gasteiger partial charge in [0.2, 0.25) is 11.7 Å². The number of aromatic nitrogens is 3. The van der Waals surface area contributed by atoms with E-state index in [9.17, 15) is 18.0 Å². The minimum absolute atomic E-state index is 0.142. The van der Waals surface area contributed by atoms with Gasteiger partial charge in [0.1, 0.15) is 0 Å². The SMILES string of the molecule is O=C(CCCCSc1nnc(-c2ccco2)n1-c1cccc(C(F)(F)F)c1)N1CCN(C(c2ccccc2)c2ccccc2)CC1. The summed E-state index contributed by atoms with van der Waals surface area (Å²) in [6, 6.07) is 29.6. The predicted molar refractivity (Wildman–Crippen MR) is 172 cm³/mol. The first-order chi connectivity index (χ1) is 22.4. The molecule has 0 N–H and O–H groups in total. The minimum atomic E-state index is -4.48. The van der Waals surface area contributed by atoms with Gasteiger partial charge in [0.15, 0.2) is 10.9 Å². The molecule has 0 bridgehead atoms. The number of thioether (sulfide) groups is 1. The molecule has 3 aromatic carbocycles. The summed E-state index contributed by atoms with van der Waals surface area (Å²) in [5.41, 5.74) is 2.03. The summed E-state index contributed by atoms with van der Waals surface area (Å²) in [6.07, 6.45) is -1.11. The number of halogens is 3. The van der Waals surface area contributed by atoms with Crippen molar-refractivity contribution < 1.29 is 22.4 Å². The first-order valence-electron chi connectivity index (χ1n) is 15.3. The summed E-state index contributed by atoms with van der Waals surface area (Å²) in [7, 11) is 0. The molecule has 2 aromatic heterocycles. The molecule has 0 saturated carbocycles.